The molecule has 1 saturated heterocycles. The molecule has 37 heavy (non-hydrogen) atoms. The van der Waals surface area contributed by atoms with Crippen molar-refractivity contribution in [2.24, 2.45) is 17.8 Å². The highest BCUT2D eigenvalue weighted by atomic mass is 16.5. The van der Waals surface area contributed by atoms with Crippen molar-refractivity contribution < 1.29 is 4.74 Å². The number of ether oxygens (including phenoxy) is 1. The summed E-state index contributed by atoms with van der Waals surface area (Å²) >= 11 is 0. The molecular weight excluding hydrogens is 470 g/mol. The Balaban J connectivity index is 1.52. The van der Waals surface area contributed by atoms with E-state index in [9.17, 15) is 9.59 Å². The van der Waals surface area contributed by atoms with E-state index in [-0.39, 0.29) is 12.6 Å². The Hall–Kier alpha value is -4.18. The SMILES string of the molecule is CCn1c(N2CCCC(N)C2)nc2c1c(=O)n(CC1=Nc3ccccc3Oc3ccccc31)c(=O)n2C. The highest BCUT2D eigenvalue weighted by molar-refractivity contribution is 6.05. The number of aryl methyl sites for hydroxylation is 2. The normalized spacial score (nSPS) is 17.1. The van der Waals surface area contributed by atoms with Crippen LogP contribution in [-0.2, 0) is 20.1 Å². The van der Waals surface area contributed by atoms with E-state index in [0.717, 1.165) is 24.9 Å². The molecule has 2 aromatic heterocycles. The van der Waals surface area contributed by atoms with Crippen LogP contribution >= 0.6 is 0 Å². The number of hydrogen-bond donors (Lipinski definition) is 1. The minimum absolute atomic E-state index is 0.00499. The second kappa shape index (κ2) is 9.04. The number of nitrogens with zero attached hydrogens (tertiary/aromatic N) is 6. The lowest BCUT2D eigenvalue weighted by molar-refractivity contribution is 0.484. The highest BCUT2D eigenvalue weighted by Gasteiger charge is 2.27. The maximum Gasteiger partial charge on any atom is 0.332 e. The van der Waals surface area contributed by atoms with Crippen LogP contribution < -0.4 is 26.6 Å². The topological polar surface area (TPSA) is 113 Å². The van der Waals surface area contributed by atoms with E-state index in [4.69, 9.17) is 20.4 Å². The number of anilines is 1. The predicted octanol–water partition coefficient (Wildman–Crippen LogP) is 2.77. The lowest BCUT2D eigenvalue weighted by Gasteiger charge is -2.31. The molecule has 10 heteroatoms. The molecule has 1 atom stereocenters. The number of aromatic nitrogens is 4. The minimum Gasteiger partial charge on any atom is -0.454 e. The third kappa shape index (κ3) is 3.84. The zero-order valence-corrected chi connectivity index (χ0v) is 20.9. The number of fused-ring (bicyclic) bond motifs is 3. The lowest BCUT2D eigenvalue weighted by Crippen LogP contribution is -2.44. The number of imidazole rings is 1. The van der Waals surface area contributed by atoms with Crippen molar-refractivity contribution in [2.45, 2.75) is 38.9 Å². The Morgan fingerprint density at radius 1 is 1.05 bits per heavy atom. The summed E-state index contributed by atoms with van der Waals surface area (Å²) in [6.45, 7) is 3.98. The van der Waals surface area contributed by atoms with Gasteiger partial charge in [0.05, 0.1) is 12.3 Å². The van der Waals surface area contributed by atoms with E-state index < -0.39 is 11.2 Å². The molecule has 1 unspecified atom stereocenters. The van der Waals surface area contributed by atoms with Gasteiger partial charge in [-0.25, -0.2) is 9.79 Å². The fraction of sp³-hybridized carbons (Fsp3) is 0.333. The van der Waals surface area contributed by atoms with Crippen molar-refractivity contribution in [3.8, 4) is 11.5 Å². The van der Waals surface area contributed by atoms with Crippen molar-refractivity contribution in [3.63, 3.8) is 0 Å². The molecule has 4 aromatic rings. The van der Waals surface area contributed by atoms with Gasteiger partial charge in [-0.05, 0) is 44.0 Å². The standard InChI is InChI=1S/C27H29N7O3/c1-3-33-23-24(30-26(33)32-14-8-9-17(28)15-32)31(2)27(36)34(25(23)35)16-20-18-10-4-6-12-21(18)37-22-13-7-5-11-19(22)29-20/h4-7,10-13,17H,3,8-9,14-16,28H2,1-2H3. The van der Waals surface area contributed by atoms with Gasteiger partial charge in [-0.15, -0.1) is 0 Å². The Kier molecular flexibility index (Phi) is 5.68. The minimum atomic E-state index is -0.446. The molecule has 4 heterocycles. The maximum absolute atomic E-state index is 13.9. The summed E-state index contributed by atoms with van der Waals surface area (Å²) in [5.41, 5.74) is 8.11. The summed E-state index contributed by atoms with van der Waals surface area (Å²) in [6, 6.07) is 15.0. The Morgan fingerprint density at radius 2 is 1.81 bits per heavy atom. The molecule has 2 aliphatic rings. The van der Waals surface area contributed by atoms with Gasteiger partial charge in [0.15, 0.2) is 16.9 Å². The molecule has 2 aromatic carbocycles. The highest BCUT2D eigenvalue weighted by Crippen LogP contribution is 2.37. The first-order chi connectivity index (χ1) is 18.0. The number of benzene rings is 2. The van der Waals surface area contributed by atoms with Crippen LogP contribution in [0.15, 0.2) is 63.1 Å². The number of piperidine rings is 1. The van der Waals surface area contributed by atoms with Crippen LogP contribution in [0.2, 0.25) is 0 Å². The first-order valence-electron chi connectivity index (χ1n) is 12.6. The summed E-state index contributed by atoms with van der Waals surface area (Å²) in [5.74, 6) is 1.92. The third-order valence-corrected chi connectivity index (χ3v) is 7.12. The predicted molar refractivity (Wildman–Crippen MR) is 143 cm³/mol. The van der Waals surface area contributed by atoms with Crippen molar-refractivity contribution in [1.82, 2.24) is 18.7 Å². The fourth-order valence-electron chi connectivity index (χ4n) is 5.26. The maximum atomic E-state index is 13.9. The van der Waals surface area contributed by atoms with Gasteiger partial charge < -0.3 is 19.9 Å². The molecule has 0 spiro atoms. The lowest BCUT2D eigenvalue weighted by atomic mass is 10.1. The molecule has 1 fully saturated rings. The largest absolute Gasteiger partial charge is 0.454 e. The van der Waals surface area contributed by atoms with Crippen LogP contribution in [-0.4, -0.2) is 43.5 Å². The van der Waals surface area contributed by atoms with Crippen molar-refractivity contribution in [3.05, 3.63) is 74.9 Å². The molecular formula is C27H29N7O3. The molecule has 0 amide bonds. The van der Waals surface area contributed by atoms with E-state index in [1.165, 1.54) is 9.13 Å². The number of rotatable bonds is 4. The molecule has 0 saturated carbocycles. The van der Waals surface area contributed by atoms with Gasteiger partial charge in [0.25, 0.3) is 5.56 Å². The Bertz CT molecular complexity index is 1660. The Labute approximate surface area is 213 Å². The van der Waals surface area contributed by atoms with Crippen LogP contribution in [0.25, 0.3) is 11.2 Å². The van der Waals surface area contributed by atoms with E-state index in [0.29, 0.717) is 53.1 Å². The van der Waals surface area contributed by atoms with Gasteiger partial charge in [-0.1, -0.05) is 24.3 Å². The quantitative estimate of drug-likeness (QED) is 0.462. The van der Waals surface area contributed by atoms with Crippen LogP contribution in [0.4, 0.5) is 11.6 Å². The smallest absolute Gasteiger partial charge is 0.332 e. The zero-order chi connectivity index (χ0) is 25.7. The van der Waals surface area contributed by atoms with E-state index in [1.807, 2.05) is 60.0 Å². The zero-order valence-electron chi connectivity index (χ0n) is 20.9. The summed E-state index contributed by atoms with van der Waals surface area (Å²) in [5, 5.41) is 0. The van der Waals surface area contributed by atoms with Gasteiger partial charge >= 0.3 is 5.69 Å². The van der Waals surface area contributed by atoms with Crippen LogP contribution in [0.3, 0.4) is 0 Å². The molecule has 0 aliphatic carbocycles. The molecule has 2 N–H and O–H groups in total. The van der Waals surface area contributed by atoms with Gasteiger partial charge in [-0.2, -0.15) is 4.98 Å². The molecule has 190 valence electrons. The van der Waals surface area contributed by atoms with Crippen LogP contribution in [0.5, 0.6) is 11.5 Å². The Morgan fingerprint density at radius 3 is 2.59 bits per heavy atom. The van der Waals surface area contributed by atoms with Crippen molar-refractivity contribution >= 4 is 28.5 Å². The molecule has 6 rings (SSSR count). The van der Waals surface area contributed by atoms with Crippen LogP contribution in [0, 0.1) is 0 Å². The number of nitrogens with two attached hydrogens (primary N) is 1. The van der Waals surface area contributed by atoms with Crippen LogP contribution in [0.1, 0.15) is 25.3 Å². The second-order valence-corrected chi connectivity index (χ2v) is 9.53. The van der Waals surface area contributed by atoms with Gasteiger partial charge in [0.2, 0.25) is 5.95 Å². The first kappa shape index (κ1) is 23.2. The summed E-state index contributed by atoms with van der Waals surface area (Å²) in [6.07, 6.45) is 1.92. The van der Waals surface area contributed by atoms with Crippen molar-refractivity contribution in [1.29, 1.82) is 0 Å². The third-order valence-electron chi connectivity index (χ3n) is 7.12. The number of para-hydroxylation sites is 3. The van der Waals surface area contributed by atoms with Gasteiger partial charge in [0, 0.05) is 38.3 Å². The molecule has 2 aliphatic heterocycles. The summed E-state index contributed by atoms with van der Waals surface area (Å²) in [4.78, 5) is 39.2. The van der Waals surface area contributed by atoms with Gasteiger partial charge in [-0.3, -0.25) is 13.9 Å². The average Bonchev–Trinajstić information content (AvgIpc) is 3.23. The van der Waals surface area contributed by atoms with E-state index in [2.05, 4.69) is 4.90 Å². The molecule has 0 bridgehead atoms. The molecule has 0 radical (unpaired) electrons. The van der Waals surface area contributed by atoms with E-state index >= 15 is 0 Å². The fourth-order valence-corrected chi connectivity index (χ4v) is 5.26. The monoisotopic (exact) mass is 499 g/mol. The molecule has 10 nitrogen and oxygen atoms in total. The summed E-state index contributed by atoms with van der Waals surface area (Å²) < 4.78 is 10.7. The van der Waals surface area contributed by atoms with E-state index in [1.54, 1.807) is 7.05 Å². The number of aliphatic imine (C=N–C) groups is 1. The van der Waals surface area contributed by atoms with Crippen molar-refractivity contribution in [2.75, 3.05) is 18.0 Å². The van der Waals surface area contributed by atoms with Gasteiger partial charge in [0.1, 0.15) is 11.4 Å². The second-order valence-electron chi connectivity index (χ2n) is 9.53. The number of hydrogen-bond acceptors (Lipinski definition) is 7. The summed E-state index contributed by atoms with van der Waals surface area (Å²) in [7, 11) is 1.65. The first-order valence-corrected chi connectivity index (χ1v) is 12.6. The average molecular weight is 500 g/mol.